The van der Waals surface area contributed by atoms with E-state index in [1.54, 1.807) is 0 Å². The molecule has 2 heterocycles. The molecule has 1 N–H and O–H groups in total. The van der Waals surface area contributed by atoms with Crippen LogP contribution in [0.15, 0.2) is 41.8 Å². The second-order valence-electron chi connectivity index (χ2n) is 4.68. The highest BCUT2D eigenvalue weighted by Crippen LogP contribution is 2.28. The van der Waals surface area contributed by atoms with Crippen molar-refractivity contribution in [2.24, 2.45) is 0 Å². The fraction of sp³-hybridized carbons (Fsp3) is 0.154. The molecule has 2 aromatic heterocycles. The third-order valence-electron chi connectivity index (χ3n) is 3.23. The maximum Gasteiger partial charge on any atom is 0.277 e. The molecule has 0 bridgehead atoms. The van der Waals surface area contributed by atoms with E-state index in [9.17, 15) is 13.3 Å². The molecule has 0 aliphatic heterocycles. The number of rotatable bonds is 5. The predicted molar refractivity (Wildman–Crippen MR) is 84.6 cm³/mol. The van der Waals surface area contributed by atoms with Crippen molar-refractivity contribution in [2.75, 3.05) is 13.2 Å². The number of nitrogens with zero attached hydrogens (tertiary/aromatic N) is 5. The van der Waals surface area contributed by atoms with Crippen molar-refractivity contribution in [3.05, 3.63) is 47.0 Å². The summed E-state index contributed by atoms with van der Waals surface area (Å²) in [4.78, 5) is 23.3. The number of aliphatic hydroxyl groups excluding tert-OH is 1. The fourth-order valence-electron chi connectivity index (χ4n) is 2.16. The Balaban J connectivity index is 2.22. The lowest BCUT2D eigenvalue weighted by Crippen LogP contribution is -2.16. The summed E-state index contributed by atoms with van der Waals surface area (Å²) < 4.78 is 27.1. The number of benzene rings is 1. The van der Waals surface area contributed by atoms with E-state index < -0.39 is 16.6 Å². The van der Waals surface area contributed by atoms with Crippen molar-refractivity contribution >= 4 is 38.5 Å². The third kappa shape index (κ3) is 2.64. The molecule has 0 radical (unpaired) electrons. The first kappa shape index (κ1) is 16.4. The van der Waals surface area contributed by atoms with E-state index in [1.807, 2.05) is 0 Å². The molecular formula is C13H11ClN5O4S+. The predicted octanol–water partition coefficient (Wildman–Crippen LogP) is 1.12. The van der Waals surface area contributed by atoms with Crippen LogP contribution in [0, 0.1) is 4.91 Å². The van der Waals surface area contributed by atoms with Gasteiger partial charge in [-0.05, 0) is 6.07 Å². The van der Waals surface area contributed by atoms with E-state index in [-0.39, 0.29) is 33.4 Å². The summed E-state index contributed by atoms with van der Waals surface area (Å²) >= 11 is 5.88. The van der Waals surface area contributed by atoms with Crippen LogP contribution in [0.4, 0.5) is 5.69 Å². The van der Waals surface area contributed by atoms with Crippen molar-refractivity contribution in [3.8, 4) is 0 Å². The Morgan fingerprint density at radius 1 is 1.21 bits per heavy atom. The molecule has 0 aliphatic rings. The van der Waals surface area contributed by atoms with Gasteiger partial charge >= 0.3 is 0 Å². The van der Waals surface area contributed by atoms with Gasteiger partial charge in [0.2, 0.25) is 6.54 Å². The van der Waals surface area contributed by atoms with Gasteiger partial charge in [-0.2, -0.15) is 0 Å². The molecule has 0 saturated carbocycles. The second kappa shape index (κ2) is 6.23. The van der Waals surface area contributed by atoms with E-state index >= 15 is 0 Å². The van der Waals surface area contributed by atoms with Crippen LogP contribution in [0.3, 0.4) is 0 Å². The van der Waals surface area contributed by atoms with E-state index in [4.69, 9.17) is 16.7 Å². The molecule has 9 nitrogen and oxygen atoms in total. The van der Waals surface area contributed by atoms with Crippen LogP contribution in [-0.2, 0) is 10.0 Å². The van der Waals surface area contributed by atoms with Crippen molar-refractivity contribution in [1.82, 2.24) is 18.9 Å². The summed E-state index contributed by atoms with van der Waals surface area (Å²) in [6.45, 7) is -0.667. The largest absolute Gasteiger partial charge is 0.390 e. The minimum Gasteiger partial charge on any atom is -0.390 e. The molecule has 11 heteroatoms. The molecule has 0 saturated heterocycles. The summed E-state index contributed by atoms with van der Waals surface area (Å²) in [7, 11) is -4.15. The standard InChI is InChI=1S/C13H11ClN5O4S/c14-12-11-13(16-7-15-12)19(8-17-11)24(22,23)10-4-2-1-3-9(10)18(21)5-6-20/h1-4,7-8,20H,5-6H2/q+1. The maximum absolute atomic E-state index is 12.9. The van der Waals surface area contributed by atoms with E-state index in [0.29, 0.717) is 4.76 Å². The zero-order valence-corrected chi connectivity index (χ0v) is 13.6. The van der Waals surface area contributed by atoms with Crippen LogP contribution >= 0.6 is 11.6 Å². The molecule has 0 unspecified atom stereocenters. The maximum atomic E-state index is 12.9. The van der Waals surface area contributed by atoms with E-state index in [0.717, 1.165) is 16.6 Å². The van der Waals surface area contributed by atoms with Gasteiger partial charge in [0.15, 0.2) is 15.7 Å². The summed E-state index contributed by atoms with van der Waals surface area (Å²) in [6, 6.07) is 5.67. The Morgan fingerprint density at radius 3 is 2.71 bits per heavy atom. The van der Waals surface area contributed by atoms with Crippen LogP contribution in [0.2, 0.25) is 5.15 Å². The molecule has 0 amide bonds. The molecule has 3 aromatic rings. The van der Waals surface area contributed by atoms with Crippen molar-refractivity contribution in [1.29, 1.82) is 0 Å². The van der Waals surface area contributed by atoms with Crippen LogP contribution in [0.5, 0.6) is 0 Å². The van der Waals surface area contributed by atoms with Crippen molar-refractivity contribution in [3.63, 3.8) is 0 Å². The Kier molecular flexibility index (Phi) is 4.26. The van der Waals surface area contributed by atoms with Crippen LogP contribution in [0.1, 0.15) is 0 Å². The number of nitroso groups, excluding NO2 is 1. The first-order valence-corrected chi connectivity index (χ1v) is 8.52. The minimum absolute atomic E-state index is 0.00408. The van der Waals surface area contributed by atoms with Gasteiger partial charge in [0, 0.05) is 15.7 Å². The highest BCUT2D eigenvalue weighted by atomic mass is 35.5. The molecule has 3 rings (SSSR count). The van der Waals surface area contributed by atoms with Crippen LogP contribution < -0.4 is 0 Å². The highest BCUT2D eigenvalue weighted by molar-refractivity contribution is 7.90. The summed E-state index contributed by atoms with van der Waals surface area (Å²) in [6.07, 6.45) is 2.18. The normalized spacial score (nSPS) is 11.8. The molecule has 0 atom stereocenters. The van der Waals surface area contributed by atoms with Gasteiger partial charge in [-0.25, -0.2) is 27.3 Å². The number of halogens is 1. The minimum atomic E-state index is -4.15. The highest BCUT2D eigenvalue weighted by Gasteiger charge is 2.30. The lowest BCUT2D eigenvalue weighted by molar-refractivity contribution is -0.468. The van der Waals surface area contributed by atoms with Crippen LogP contribution in [-0.4, -0.2) is 50.4 Å². The average Bonchev–Trinajstić information content (AvgIpc) is 3.01. The number of para-hydroxylation sites is 1. The quantitative estimate of drug-likeness (QED) is 0.529. The number of hydrogen-bond acceptors (Lipinski definition) is 7. The molecule has 24 heavy (non-hydrogen) atoms. The Bertz CT molecular complexity index is 1030. The fourth-order valence-corrected chi connectivity index (χ4v) is 3.77. The number of aromatic nitrogens is 4. The third-order valence-corrected chi connectivity index (χ3v) is 5.20. The van der Waals surface area contributed by atoms with Gasteiger partial charge < -0.3 is 5.11 Å². The van der Waals surface area contributed by atoms with Gasteiger partial charge in [0.25, 0.3) is 15.7 Å². The smallest absolute Gasteiger partial charge is 0.277 e. The topological polar surface area (TPSA) is 118 Å². The van der Waals surface area contributed by atoms with Gasteiger partial charge in [0.1, 0.15) is 24.8 Å². The molecule has 124 valence electrons. The summed E-state index contributed by atoms with van der Waals surface area (Å²) in [5.74, 6) is 0. The summed E-state index contributed by atoms with van der Waals surface area (Å²) in [5, 5.41) is 8.93. The second-order valence-corrected chi connectivity index (χ2v) is 6.82. The first-order valence-electron chi connectivity index (χ1n) is 6.70. The molecule has 0 aliphatic carbocycles. The Morgan fingerprint density at radius 2 is 1.96 bits per heavy atom. The van der Waals surface area contributed by atoms with Crippen LogP contribution in [0.25, 0.3) is 11.2 Å². The van der Waals surface area contributed by atoms with Crippen molar-refractivity contribution < 1.29 is 18.3 Å². The van der Waals surface area contributed by atoms with Gasteiger partial charge in [-0.1, -0.05) is 23.7 Å². The van der Waals surface area contributed by atoms with E-state index in [2.05, 4.69) is 15.0 Å². The number of fused-ring (bicyclic) bond motifs is 1. The lowest BCUT2D eigenvalue weighted by atomic mass is 10.3. The van der Waals surface area contributed by atoms with Gasteiger partial charge in [-0.15, -0.1) is 0 Å². The first-order chi connectivity index (χ1) is 11.5. The summed E-state index contributed by atoms with van der Waals surface area (Å²) in [5.41, 5.74) is 0.0486. The molecule has 0 fully saturated rings. The Labute approximate surface area is 141 Å². The monoisotopic (exact) mass is 368 g/mol. The molecule has 0 spiro atoms. The number of imidazole rings is 1. The zero-order valence-electron chi connectivity index (χ0n) is 12.1. The molecular weight excluding hydrogens is 358 g/mol. The van der Waals surface area contributed by atoms with Gasteiger partial charge in [0.05, 0.1) is 0 Å². The van der Waals surface area contributed by atoms with Crippen molar-refractivity contribution in [2.45, 2.75) is 4.90 Å². The Hall–Kier alpha value is -2.43. The zero-order chi connectivity index (χ0) is 17.3. The SMILES string of the molecule is O=[N+](CCO)c1ccccc1S(=O)(=O)n1cnc2c(Cl)ncnc21. The lowest BCUT2D eigenvalue weighted by Gasteiger charge is -2.06. The average molecular weight is 369 g/mol. The molecule has 1 aromatic carbocycles. The van der Waals surface area contributed by atoms with Gasteiger partial charge in [-0.3, -0.25) is 0 Å². The number of hydrogen-bond donors (Lipinski definition) is 1. The number of aliphatic hydroxyl groups is 1. The van der Waals surface area contributed by atoms with E-state index in [1.165, 1.54) is 24.3 Å².